The first-order chi connectivity index (χ1) is 9.15. The lowest BCUT2D eigenvalue weighted by Gasteiger charge is -2.12. The Balaban J connectivity index is 1.96. The fourth-order valence-electron chi connectivity index (χ4n) is 1.59. The average molecular weight is 259 g/mol. The predicted octanol–water partition coefficient (Wildman–Crippen LogP) is 2.22. The van der Waals surface area contributed by atoms with Gasteiger partial charge in [-0.1, -0.05) is 12.1 Å². The van der Waals surface area contributed by atoms with E-state index in [1.54, 1.807) is 37.7 Å². The zero-order chi connectivity index (χ0) is 13.7. The number of hydrogen-bond acceptors (Lipinski definition) is 2. The standard InChI is InChI=1S/C14H14FN3O/c1-18(10-13-16-7-8-17-13)14(19)6-5-11-3-2-4-12(15)9-11/h2-9H,10H2,1H3,(H,16,17). The lowest BCUT2D eigenvalue weighted by molar-refractivity contribution is -0.125. The molecule has 0 radical (unpaired) electrons. The van der Waals surface area contributed by atoms with Crippen LogP contribution < -0.4 is 0 Å². The number of H-pyrrole nitrogens is 1. The fourth-order valence-corrected chi connectivity index (χ4v) is 1.59. The average Bonchev–Trinajstić information content (AvgIpc) is 2.89. The molecule has 0 atom stereocenters. The highest BCUT2D eigenvalue weighted by atomic mass is 19.1. The molecular weight excluding hydrogens is 245 g/mol. The number of benzene rings is 1. The van der Waals surface area contributed by atoms with E-state index < -0.39 is 0 Å². The Hall–Kier alpha value is -2.43. The Kier molecular flexibility index (Phi) is 4.07. The Bertz CT molecular complexity index is 578. The van der Waals surface area contributed by atoms with E-state index in [0.29, 0.717) is 12.1 Å². The van der Waals surface area contributed by atoms with Crippen LogP contribution >= 0.6 is 0 Å². The van der Waals surface area contributed by atoms with Gasteiger partial charge in [-0.25, -0.2) is 9.37 Å². The monoisotopic (exact) mass is 259 g/mol. The van der Waals surface area contributed by atoms with Crippen LogP contribution in [0.5, 0.6) is 0 Å². The minimum atomic E-state index is -0.321. The maximum Gasteiger partial charge on any atom is 0.246 e. The summed E-state index contributed by atoms with van der Waals surface area (Å²) in [5, 5.41) is 0. The second kappa shape index (κ2) is 5.95. The van der Waals surface area contributed by atoms with E-state index in [-0.39, 0.29) is 11.7 Å². The highest BCUT2D eigenvalue weighted by Crippen LogP contribution is 2.06. The van der Waals surface area contributed by atoms with Gasteiger partial charge in [0, 0.05) is 25.5 Å². The highest BCUT2D eigenvalue weighted by molar-refractivity contribution is 5.91. The third-order valence-corrected chi connectivity index (χ3v) is 2.59. The summed E-state index contributed by atoms with van der Waals surface area (Å²) in [6.07, 6.45) is 6.34. The minimum absolute atomic E-state index is 0.166. The molecular formula is C14H14FN3O. The molecule has 0 aliphatic heterocycles. The molecule has 1 aromatic carbocycles. The maximum absolute atomic E-state index is 13.0. The molecule has 5 heteroatoms. The van der Waals surface area contributed by atoms with Gasteiger partial charge in [-0.05, 0) is 23.8 Å². The van der Waals surface area contributed by atoms with Crippen molar-refractivity contribution < 1.29 is 9.18 Å². The number of nitrogens with one attached hydrogen (secondary N) is 1. The molecule has 0 fully saturated rings. The molecule has 0 unspecified atom stereocenters. The van der Waals surface area contributed by atoms with Crippen molar-refractivity contribution in [1.29, 1.82) is 0 Å². The van der Waals surface area contributed by atoms with Crippen LogP contribution in [0.15, 0.2) is 42.7 Å². The highest BCUT2D eigenvalue weighted by Gasteiger charge is 2.06. The van der Waals surface area contributed by atoms with Gasteiger partial charge in [-0.3, -0.25) is 4.79 Å². The second-order valence-corrected chi connectivity index (χ2v) is 4.12. The molecule has 0 bridgehead atoms. The summed E-state index contributed by atoms with van der Waals surface area (Å²) in [4.78, 5) is 20.3. The summed E-state index contributed by atoms with van der Waals surface area (Å²) in [6.45, 7) is 0.402. The van der Waals surface area contributed by atoms with Crippen molar-refractivity contribution in [2.75, 3.05) is 7.05 Å². The molecule has 1 heterocycles. The number of rotatable bonds is 4. The third-order valence-electron chi connectivity index (χ3n) is 2.59. The van der Waals surface area contributed by atoms with Crippen molar-refractivity contribution in [1.82, 2.24) is 14.9 Å². The summed E-state index contributed by atoms with van der Waals surface area (Å²) in [5.74, 6) is 0.231. The van der Waals surface area contributed by atoms with Crippen molar-refractivity contribution in [2.45, 2.75) is 6.54 Å². The van der Waals surface area contributed by atoms with E-state index in [9.17, 15) is 9.18 Å². The van der Waals surface area contributed by atoms with Gasteiger partial charge in [0.25, 0.3) is 0 Å². The summed E-state index contributed by atoms with van der Waals surface area (Å²) < 4.78 is 13.0. The maximum atomic E-state index is 13.0. The molecule has 1 aromatic heterocycles. The summed E-state index contributed by atoms with van der Waals surface area (Å²) >= 11 is 0. The van der Waals surface area contributed by atoms with E-state index in [1.165, 1.54) is 23.1 Å². The molecule has 98 valence electrons. The SMILES string of the molecule is CN(Cc1ncc[nH]1)C(=O)C=Cc1cccc(F)c1. The van der Waals surface area contributed by atoms with E-state index >= 15 is 0 Å². The molecule has 1 N–H and O–H groups in total. The van der Waals surface area contributed by atoms with Crippen LogP contribution in [0, 0.1) is 5.82 Å². The van der Waals surface area contributed by atoms with Gasteiger partial charge >= 0.3 is 0 Å². The summed E-state index contributed by atoms with van der Waals surface area (Å²) in [7, 11) is 1.68. The van der Waals surface area contributed by atoms with Crippen molar-refractivity contribution in [3.05, 3.63) is 59.9 Å². The van der Waals surface area contributed by atoms with Crippen molar-refractivity contribution in [3.63, 3.8) is 0 Å². The topological polar surface area (TPSA) is 49.0 Å². The Morgan fingerprint density at radius 2 is 2.37 bits per heavy atom. The number of halogens is 1. The van der Waals surface area contributed by atoms with Crippen LogP contribution in [0.4, 0.5) is 4.39 Å². The molecule has 0 aliphatic carbocycles. The molecule has 0 saturated carbocycles. The van der Waals surface area contributed by atoms with Gasteiger partial charge < -0.3 is 9.88 Å². The molecule has 2 rings (SSSR count). The minimum Gasteiger partial charge on any atom is -0.347 e. The summed E-state index contributed by atoms with van der Waals surface area (Å²) in [6, 6.07) is 6.07. The third kappa shape index (κ3) is 3.77. The van der Waals surface area contributed by atoms with E-state index in [4.69, 9.17) is 0 Å². The number of imidazole rings is 1. The number of nitrogens with zero attached hydrogens (tertiary/aromatic N) is 2. The van der Waals surface area contributed by atoms with Gasteiger partial charge in [-0.2, -0.15) is 0 Å². The number of carbonyl (C=O) groups is 1. The van der Waals surface area contributed by atoms with E-state index in [2.05, 4.69) is 9.97 Å². The zero-order valence-corrected chi connectivity index (χ0v) is 10.5. The largest absolute Gasteiger partial charge is 0.347 e. The second-order valence-electron chi connectivity index (χ2n) is 4.12. The first-order valence-corrected chi connectivity index (χ1v) is 5.82. The smallest absolute Gasteiger partial charge is 0.246 e. The summed E-state index contributed by atoms with van der Waals surface area (Å²) in [5.41, 5.74) is 0.653. The molecule has 0 aliphatic rings. The van der Waals surface area contributed by atoms with Crippen LogP contribution in [0.3, 0.4) is 0 Å². The molecule has 1 amide bonds. The normalized spacial score (nSPS) is 10.8. The number of aromatic nitrogens is 2. The van der Waals surface area contributed by atoms with Crippen molar-refractivity contribution in [3.8, 4) is 0 Å². The van der Waals surface area contributed by atoms with Gasteiger partial charge in [0.15, 0.2) is 0 Å². The number of likely N-dealkylation sites (N-methyl/N-ethyl adjacent to an activating group) is 1. The first-order valence-electron chi connectivity index (χ1n) is 5.82. The number of aromatic amines is 1. The van der Waals surface area contributed by atoms with Gasteiger partial charge in [0.2, 0.25) is 5.91 Å². The molecule has 4 nitrogen and oxygen atoms in total. The zero-order valence-electron chi connectivity index (χ0n) is 10.5. The molecule has 2 aromatic rings. The molecule has 0 spiro atoms. The number of carbonyl (C=O) groups excluding carboxylic acids is 1. The van der Waals surface area contributed by atoms with Crippen LogP contribution in [0.25, 0.3) is 6.08 Å². The van der Waals surface area contributed by atoms with Gasteiger partial charge in [-0.15, -0.1) is 0 Å². The number of amides is 1. The van der Waals surface area contributed by atoms with E-state index in [0.717, 1.165) is 5.82 Å². The van der Waals surface area contributed by atoms with Crippen LogP contribution in [-0.4, -0.2) is 27.8 Å². The first kappa shape index (κ1) is 13.0. The van der Waals surface area contributed by atoms with Crippen LogP contribution in [-0.2, 0) is 11.3 Å². The number of hydrogen-bond donors (Lipinski definition) is 1. The Morgan fingerprint density at radius 3 is 3.05 bits per heavy atom. The van der Waals surface area contributed by atoms with Crippen LogP contribution in [0.1, 0.15) is 11.4 Å². The van der Waals surface area contributed by atoms with Crippen molar-refractivity contribution in [2.24, 2.45) is 0 Å². The van der Waals surface area contributed by atoms with Gasteiger partial charge in [0.1, 0.15) is 11.6 Å². The van der Waals surface area contributed by atoms with Crippen molar-refractivity contribution >= 4 is 12.0 Å². The van der Waals surface area contributed by atoms with E-state index in [1.807, 2.05) is 0 Å². The lowest BCUT2D eigenvalue weighted by Crippen LogP contribution is -2.24. The van der Waals surface area contributed by atoms with Crippen LogP contribution in [0.2, 0.25) is 0 Å². The Morgan fingerprint density at radius 1 is 1.53 bits per heavy atom. The lowest BCUT2D eigenvalue weighted by atomic mass is 10.2. The quantitative estimate of drug-likeness (QED) is 0.856. The Labute approximate surface area is 110 Å². The predicted molar refractivity (Wildman–Crippen MR) is 70.5 cm³/mol. The molecule has 0 saturated heterocycles. The molecule has 19 heavy (non-hydrogen) atoms. The van der Waals surface area contributed by atoms with Gasteiger partial charge in [0.05, 0.1) is 6.54 Å². The fraction of sp³-hybridized carbons (Fsp3) is 0.143.